The van der Waals surface area contributed by atoms with Crippen molar-refractivity contribution in [3.63, 3.8) is 0 Å². The summed E-state index contributed by atoms with van der Waals surface area (Å²) in [6.07, 6.45) is 0. The molecule has 3 N–H and O–H groups in total. The van der Waals surface area contributed by atoms with Crippen LogP contribution in [0.2, 0.25) is 0 Å². The molecule has 0 spiro atoms. The summed E-state index contributed by atoms with van der Waals surface area (Å²) in [5, 5.41) is 2.98. The van der Waals surface area contributed by atoms with Gasteiger partial charge in [-0.05, 0) is 37.0 Å². The molecular weight excluding hydrogens is 316 g/mol. The van der Waals surface area contributed by atoms with Crippen LogP contribution in [0.5, 0.6) is 0 Å². The quantitative estimate of drug-likeness (QED) is 0.844. The highest BCUT2D eigenvalue weighted by Crippen LogP contribution is 2.18. The molecule has 2 rings (SSSR count). The van der Waals surface area contributed by atoms with Crippen molar-refractivity contribution in [2.24, 2.45) is 11.7 Å². The number of piperazine rings is 1. The van der Waals surface area contributed by atoms with Gasteiger partial charge in [0.25, 0.3) is 0 Å². The van der Waals surface area contributed by atoms with Crippen molar-refractivity contribution in [2.75, 3.05) is 38.0 Å². The van der Waals surface area contributed by atoms with E-state index in [1.165, 1.54) is 0 Å². The summed E-state index contributed by atoms with van der Waals surface area (Å²) in [7, 11) is 0. The van der Waals surface area contributed by atoms with Gasteiger partial charge in [0.1, 0.15) is 0 Å². The van der Waals surface area contributed by atoms with E-state index in [4.69, 9.17) is 5.73 Å². The Bertz CT molecular complexity index is 622. The van der Waals surface area contributed by atoms with Gasteiger partial charge in [0.05, 0.1) is 12.6 Å². The maximum atomic E-state index is 12.3. The van der Waals surface area contributed by atoms with Gasteiger partial charge < -0.3 is 16.0 Å². The minimum atomic E-state index is -0.445. The number of nitrogens with one attached hydrogen (secondary N) is 1. The molecule has 1 aromatic carbocycles. The van der Waals surface area contributed by atoms with Crippen LogP contribution in [0.25, 0.3) is 0 Å². The van der Waals surface area contributed by atoms with Gasteiger partial charge >= 0.3 is 0 Å². The first-order valence-corrected chi connectivity index (χ1v) is 8.92. The summed E-state index contributed by atoms with van der Waals surface area (Å²) in [4.78, 5) is 28.5. The number of carbonyl (C=O) groups is 2. The zero-order valence-electron chi connectivity index (χ0n) is 15.7. The van der Waals surface area contributed by atoms with Crippen LogP contribution >= 0.6 is 0 Å². The number of hydrogen-bond donors (Lipinski definition) is 2. The fourth-order valence-electron chi connectivity index (χ4n) is 2.90. The number of nitrogens with two attached hydrogens (primary N) is 1. The van der Waals surface area contributed by atoms with Crippen LogP contribution < -0.4 is 11.1 Å². The lowest BCUT2D eigenvalue weighted by atomic mass is 10.0. The van der Waals surface area contributed by atoms with Crippen molar-refractivity contribution in [3.05, 3.63) is 29.3 Å². The Labute approximate surface area is 150 Å². The molecule has 0 radical (unpaired) electrons. The van der Waals surface area contributed by atoms with Crippen LogP contribution in [0.3, 0.4) is 0 Å². The van der Waals surface area contributed by atoms with Gasteiger partial charge in [-0.25, -0.2) is 0 Å². The highest BCUT2D eigenvalue weighted by molar-refractivity contribution is 5.93. The summed E-state index contributed by atoms with van der Waals surface area (Å²) in [6.45, 7) is 10.9. The second-order valence-electron chi connectivity index (χ2n) is 7.17. The third-order valence-electron chi connectivity index (χ3n) is 4.93. The minimum Gasteiger partial charge on any atom is -0.339 e. The average molecular weight is 346 g/mol. The molecule has 1 saturated heterocycles. The molecule has 25 heavy (non-hydrogen) atoms. The number of aryl methyl sites for hydroxylation is 1. The molecule has 1 aliphatic heterocycles. The summed E-state index contributed by atoms with van der Waals surface area (Å²) in [5.41, 5.74) is 9.06. The van der Waals surface area contributed by atoms with Crippen LogP contribution in [0.15, 0.2) is 18.2 Å². The van der Waals surface area contributed by atoms with E-state index in [2.05, 4.69) is 10.2 Å². The predicted molar refractivity (Wildman–Crippen MR) is 100 cm³/mol. The van der Waals surface area contributed by atoms with Gasteiger partial charge in [0, 0.05) is 31.9 Å². The highest BCUT2D eigenvalue weighted by atomic mass is 16.2. The predicted octanol–water partition coefficient (Wildman–Crippen LogP) is 1.37. The number of benzene rings is 1. The van der Waals surface area contributed by atoms with Crippen molar-refractivity contribution in [3.8, 4) is 0 Å². The van der Waals surface area contributed by atoms with E-state index in [0.717, 1.165) is 16.8 Å². The smallest absolute Gasteiger partial charge is 0.239 e. The summed E-state index contributed by atoms with van der Waals surface area (Å²) < 4.78 is 0. The molecule has 1 aliphatic rings. The Balaban J connectivity index is 1.82. The molecule has 138 valence electrons. The monoisotopic (exact) mass is 346 g/mol. The summed E-state index contributed by atoms with van der Waals surface area (Å²) in [5.74, 6) is 0.121. The van der Waals surface area contributed by atoms with E-state index in [1.807, 2.05) is 50.8 Å². The Morgan fingerprint density at radius 2 is 1.80 bits per heavy atom. The molecule has 6 heteroatoms. The van der Waals surface area contributed by atoms with Gasteiger partial charge in [-0.2, -0.15) is 0 Å². The second kappa shape index (κ2) is 8.45. The Kier molecular flexibility index (Phi) is 6.56. The molecule has 1 atom stereocenters. The van der Waals surface area contributed by atoms with Crippen LogP contribution in [0.4, 0.5) is 5.69 Å². The van der Waals surface area contributed by atoms with Crippen molar-refractivity contribution in [1.29, 1.82) is 0 Å². The third kappa shape index (κ3) is 5.03. The zero-order chi connectivity index (χ0) is 18.6. The number of nitrogens with zero attached hydrogens (tertiary/aromatic N) is 2. The lowest BCUT2D eigenvalue weighted by Crippen LogP contribution is -2.55. The number of rotatable bonds is 5. The maximum absolute atomic E-state index is 12.3. The summed E-state index contributed by atoms with van der Waals surface area (Å²) >= 11 is 0. The molecule has 0 bridgehead atoms. The van der Waals surface area contributed by atoms with E-state index in [-0.39, 0.29) is 17.7 Å². The number of anilines is 1. The molecule has 0 saturated carbocycles. The van der Waals surface area contributed by atoms with E-state index >= 15 is 0 Å². The highest BCUT2D eigenvalue weighted by Gasteiger charge is 2.27. The van der Waals surface area contributed by atoms with Crippen molar-refractivity contribution in [1.82, 2.24) is 9.80 Å². The lowest BCUT2D eigenvalue weighted by Gasteiger charge is -2.36. The Morgan fingerprint density at radius 3 is 2.40 bits per heavy atom. The number of amides is 2. The molecule has 1 heterocycles. The number of hydrogen-bond acceptors (Lipinski definition) is 4. The van der Waals surface area contributed by atoms with Crippen molar-refractivity contribution in [2.45, 2.75) is 33.7 Å². The summed E-state index contributed by atoms with van der Waals surface area (Å²) in [6, 6.07) is 5.45. The van der Waals surface area contributed by atoms with Crippen LogP contribution in [0, 0.1) is 19.8 Å². The molecule has 0 aliphatic carbocycles. The van der Waals surface area contributed by atoms with Gasteiger partial charge in [-0.1, -0.05) is 26.0 Å². The topological polar surface area (TPSA) is 78.7 Å². The van der Waals surface area contributed by atoms with Crippen LogP contribution in [0.1, 0.15) is 25.0 Å². The van der Waals surface area contributed by atoms with E-state index in [0.29, 0.717) is 32.7 Å². The Morgan fingerprint density at radius 1 is 1.16 bits per heavy atom. The zero-order valence-corrected chi connectivity index (χ0v) is 15.7. The normalized spacial score (nSPS) is 16.8. The van der Waals surface area contributed by atoms with Gasteiger partial charge in [-0.3, -0.25) is 14.5 Å². The lowest BCUT2D eigenvalue weighted by molar-refractivity contribution is -0.135. The van der Waals surface area contributed by atoms with Crippen molar-refractivity contribution >= 4 is 17.5 Å². The molecule has 1 fully saturated rings. The molecule has 1 aromatic rings. The van der Waals surface area contributed by atoms with E-state index in [9.17, 15) is 9.59 Å². The van der Waals surface area contributed by atoms with Gasteiger partial charge in [0.15, 0.2) is 0 Å². The second-order valence-corrected chi connectivity index (χ2v) is 7.17. The fourth-order valence-corrected chi connectivity index (χ4v) is 2.90. The first-order chi connectivity index (χ1) is 11.8. The van der Waals surface area contributed by atoms with Crippen molar-refractivity contribution < 1.29 is 9.59 Å². The third-order valence-corrected chi connectivity index (χ3v) is 4.93. The SMILES string of the molecule is Cc1cccc(NC(=O)CN2CCN(C(=O)[C@@H](N)C(C)C)CC2)c1C. The number of carbonyl (C=O) groups excluding carboxylic acids is 2. The van der Waals surface area contributed by atoms with Gasteiger partial charge in [-0.15, -0.1) is 0 Å². The Hall–Kier alpha value is -1.92. The standard InChI is InChI=1S/C19H30N4O2/c1-13(2)18(20)19(25)23-10-8-22(9-11-23)12-17(24)21-16-7-5-6-14(3)15(16)4/h5-7,13,18H,8-12,20H2,1-4H3,(H,21,24)/t18-/m0/s1. The molecule has 6 nitrogen and oxygen atoms in total. The van der Waals surface area contributed by atoms with Crippen LogP contribution in [-0.4, -0.2) is 60.4 Å². The van der Waals surface area contributed by atoms with Crippen LogP contribution in [-0.2, 0) is 9.59 Å². The fraction of sp³-hybridized carbons (Fsp3) is 0.579. The molecule has 0 unspecified atom stereocenters. The molecule has 2 amide bonds. The first-order valence-electron chi connectivity index (χ1n) is 8.92. The van der Waals surface area contributed by atoms with Gasteiger partial charge in [0.2, 0.25) is 11.8 Å². The minimum absolute atomic E-state index is 0.00878. The average Bonchev–Trinajstić information content (AvgIpc) is 2.58. The van der Waals surface area contributed by atoms with E-state index < -0.39 is 6.04 Å². The molecule has 0 aromatic heterocycles. The largest absolute Gasteiger partial charge is 0.339 e. The van der Waals surface area contributed by atoms with E-state index in [1.54, 1.807) is 0 Å². The first kappa shape index (κ1) is 19.4. The molecular formula is C19H30N4O2. The maximum Gasteiger partial charge on any atom is 0.239 e.